The lowest BCUT2D eigenvalue weighted by Crippen LogP contribution is -3.00. The van der Waals surface area contributed by atoms with E-state index in [1.54, 1.807) is 13.4 Å². The first-order chi connectivity index (χ1) is 12.8. The van der Waals surface area contributed by atoms with Gasteiger partial charge in [0, 0.05) is 5.39 Å². The van der Waals surface area contributed by atoms with Crippen molar-refractivity contribution < 1.29 is 21.6 Å². The van der Waals surface area contributed by atoms with Crippen molar-refractivity contribution in [2.75, 3.05) is 17.7 Å². The molecule has 0 saturated heterocycles. The summed E-state index contributed by atoms with van der Waals surface area (Å²) in [5.74, 6) is 2.81. The van der Waals surface area contributed by atoms with Crippen LogP contribution in [0.25, 0.3) is 10.9 Å². The summed E-state index contributed by atoms with van der Waals surface area (Å²) in [6.07, 6.45) is 1.66. The number of nitrogens with zero attached hydrogens (tertiary/aromatic N) is 2. The molecule has 0 unspecified atom stereocenters. The van der Waals surface area contributed by atoms with Crippen LogP contribution in [0, 0.1) is 0 Å². The van der Waals surface area contributed by atoms with E-state index in [-0.39, 0.29) is 12.4 Å². The van der Waals surface area contributed by atoms with Crippen molar-refractivity contribution in [3.05, 3.63) is 72.7 Å². The smallest absolute Gasteiger partial charge is 0.229 e. The van der Waals surface area contributed by atoms with Crippen molar-refractivity contribution in [3.8, 4) is 5.75 Å². The largest absolute Gasteiger partial charge is 1.00 e. The second kappa shape index (κ2) is 8.42. The molecule has 4 rings (SSSR count). The van der Waals surface area contributed by atoms with Crippen LogP contribution in [-0.2, 0) is 6.54 Å². The summed E-state index contributed by atoms with van der Waals surface area (Å²) in [6, 6.07) is 19.3. The van der Waals surface area contributed by atoms with Crippen LogP contribution < -0.4 is 27.8 Å². The summed E-state index contributed by atoms with van der Waals surface area (Å²) in [6.45, 7) is 0.544. The van der Waals surface area contributed by atoms with Gasteiger partial charge in [0.1, 0.15) is 17.3 Å². The molecule has 27 heavy (non-hydrogen) atoms. The quantitative estimate of drug-likeness (QED) is 0.528. The third-order valence-electron chi connectivity index (χ3n) is 3.97. The Balaban J connectivity index is 0.00000210. The standard InChI is InChI=1S/C20H18N4O2.ClH/c1-25-18-11-5-4-10-17(18)23-20-22-16-9-3-2-8-15(16)19(24-20)21-13-14-7-6-12-26-14;/h2-12H,13H2,1H3,(H2,21,22,23,24);1H/p-1. The van der Waals surface area contributed by atoms with Gasteiger partial charge in [0.25, 0.3) is 0 Å². The summed E-state index contributed by atoms with van der Waals surface area (Å²) in [7, 11) is 1.64. The van der Waals surface area contributed by atoms with Crippen molar-refractivity contribution >= 4 is 28.4 Å². The Bertz CT molecular complexity index is 1020. The van der Waals surface area contributed by atoms with Crippen LogP contribution in [0.3, 0.4) is 0 Å². The molecule has 0 aliphatic heterocycles. The fourth-order valence-corrected chi connectivity index (χ4v) is 2.72. The highest BCUT2D eigenvalue weighted by Gasteiger charge is 2.10. The van der Waals surface area contributed by atoms with Crippen molar-refractivity contribution in [3.63, 3.8) is 0 Å². The lowest BCUT2D eigenvalue weighted by Gasteiger charge is -2.13. The molecule has 0 fully saturated rings. The monoisotopic (exact) mass is 381 g/mol. The van der Waals surface area contributed by atoms with Crippen LogP contribution in [0.15, 0.2) is 71.3 Å². The van der Waals surface area contributed by atoms with E-state index in [0.29, 0.717) is 12.5 Å². The molecular formula is C20H18ClN4O2-. The Morgan fingerprint density at radius 3 is 2.59 bits per heavy atom. The van der Waals surface area contributed by atoms with E-state index in [1.807, 2.05) is 60.7 Å². The van der Waals surface area contributed by atoms with E-state index in [1.165, 1.54) is 0 Å². The van der Waals surface area contributed by atoms with Gasteiger partial charge in [0.15, 0.2) is 0 Å². The molecule has 0 aliphatic carbocycles. The molecule has 2 aromatic heterocycles. The fraction of sp³-hybridized carbons (Fsp3) is 0.100. The molecule has 0 spiro atoms. The Labute approximate surface area is 163 Å². The molecule has 0 aliphatic rings. The van der Waals surface area contributed by atoms with Crippen LogP contribution >= 0.6 is 0 Å². The predicted molar refractivity (Wildman–Crippen MR) is 102 cm³/mol. The van der Waals surface area contributed by atoms with Crippen LogP contribution in [0.4, 0.5) is 17.5 Å². The van der Waals surface area contributed by atoms with Gasteiger partial charge in [-0.1, -0.05) is 24.3 Å². The van der Waals surface area contributed by atoms with Crippen molar-refractivity contribution in [2.24, 2.45) is 0 Å². The van der Waals surface area contributed by atoms with E-state index in [9.17, 15) is 0 Å². The van der Waals surface area contributed by atoms with Crippen molar-refractivity contribution in [1.29, 1.82) is 0 Å². The van der Waals surface area contributed by atoms with E-state index in [0.717, 1.165) is 33.9 Å². The number of hydrogen-bond donors (Lipinski definition) is 2. The van der Waals surface area contributed by atoms with Gasteiger partial charge < -0.3 is 32.2 Å². The molecule has 0 amide bonds. The number of rotatable bonds is 6. The number of methoxy groups -OCH3 is 1. The molecule has 2 aromatic carbocycles. The minimum absolute atomic E-state index is 0. The van der Waals surface area contributed by atoms with Gasteiger partial charge in [0.05, 0.1) is 31.1 Å². The summed E-state index contributed by atoms with van der Waals surface area (Å²) in [4.78, 5) is 9.25. The van der Waals surface area contributed by atoms with Crippen molar-refractivity contribution in [1.82, 2.24) is 9.97 Å². The number of para-hydroxylation sites is 3. The summed E-state index contributed by atoms with van der Waals surface area (Å²) < 4.78 is 10.8. The highest BCUT2D eigenvalue weighted by molar-refractivity contribution is 5.90. The minimum Gasteiger partial charge on any atom is -1.00 e. The van der Waals surface area contributed by atoms with Gasteiger partial charge in [-0.15, -0.1) is 0 Å². The van der Waals surface area contributed by atoms with Gasteiger partial charge in [-0.25, -0.2) is 4.98 Å². The lowest BCUT2D eigenvalue weighted by atomic mass is 10.2. The number of benzene rings is 2. The molecule has 6 nitrogen and oxygen atoms in total. The number of aromatic nitrogens is 2. The number of fused-ring (bicyclic) bond motifs is 1. The summed E-state index contributed by atoms with van der Waals surface area (Å²) >= 11 is 0. The lowest BCUT2D eigenvalue weighted by molar-refractivity contribution is -0.00000607. The second-order valence-corrected chi connectivity index (χ2v) is 5.67. The van der Waals surface area contributed by atoms with Crippen LogP contribution in [-0.4, -0.2) is 17.1 Å². The Morgan fingerprint density at radius 1 is 0.963 bits per heavy atom. The first-order valence-corrected chi connectivity index (χ1v) is 8.26. The van der Waals surface area contributed by atoms with Gasteiger partial charge in [-0.05, 0) is 36.4 Å². The molecule has 0 radical (unpaired) electrons. The normalized spacial score (nSPS) is 10.3. The first-order valence-electron chi connectivity index (χ1n) is 8.26. The van der Waals surface area contributed by atoms with E-state index in [2.05, 4.69) is 20.6 Å². The number of halogens is 1. The van der Waals surface area contributed by atoms with Gasteiger partial charge in [-0.2, -0.15) is 4.98 Å². The average Bonchev–Trinajstić information content (AvgIpc) is 3.20. The van der Waals surface area contributed by atoms with Gasteiger partial charge >= 0.3 is 0 Å². The average molecular weight is 382 g/mol. The number of hydrogen-bond acceptors (Lipinski definition) is 6. The highest BCUT2D eigenvalue weighted by Crippen LogP contribution is 2.28. The number of ether oxygens (including phenoxy) is 1. The maximum absolute atomic E-state index is 5.39. The highest BCUT2D eigenvalue weighted by atomic mass is 35.5. The number of anilines is 3. The Hall–Kier alpha value is -3.25. The zero-order valence-corrected chi connectivity index (χ0v) is 15.4. The minimum atomic E-state index is 0. The van der Waals surface area contributed by atoms with Crippen LogP contribution in [0.1, 0.15) is 5.76 Å². The Morgan fingerprint density at radius 2 is 1.78 bits per heavy atom. The topological polar surface area (TPSA) is 72.2 Å². The maximum Gasteiger partial charge on any atom is 0.229 e. The van der Waals surface area contributed by atoms with E-state index < -0.39 is 0 Å². The second-order valence-electron chi connectivity index (χ2n) is 5.67. The van der Waals surface area contributed by atoms with E-state index in [4.69, 9.17) is 9.15 Å². The van der Waals surface area contributed by atoms with Crippen LogP contribution in [0.2, 0.25) is 0 Å². The summed E-state index contributed by atoms with van der Waals surface area (Å²) in [5, 5.41) is 7.52. The third kappa shape index (κ3) is 4.12. The molecule has 0 saturated carbocycles. The molecule has 138 valence electrons. The molecule has 7 heteroatoms. The summed E-state index contributed by atoms with van der Waals surface area (Å²) in [5.41, 5.74) is 1.66. The third-order valence-corrected chi connectivity index (χ3v) is 3.97. The molecule has 0 bridgehead atoms. The maximum atomic E-state index is 5.39. The molecule has 0 atom stereocenters. The fourth-order valence-electron chi connectivity index (χ4n) is 2.72. The van der Waals surface area contributed by atoms with Gasteiger partial charge in [-0.3, -0.25) is 0 Å². The zero-order chi connectivity index (χ0) is 17.8. The van der Waals surface area contributed by atoms with Gasteiger partial charge in [0.2, 0.25) is 5.95 Å². The molecular weight excluding hydrogens is 364 g/mol. The molecule has 4 aromatic rings. The predicted octanol–water partition coefficient (Wildman–Crippen LogP) is 1.59. The van der Waals surface area contributed by atoms with Crippen LogP contribution in [0.5, 0.6) is 5.75 Å². The van der Waals surface area contributed by atoms with E-state index >= 15 is 0 Å². The Kier molecular flexibility index (Phi) is 5.78. The molecule has 2 N–H and O–H groups in total. The zero-order valence-electron chi connectivity index (χ0n) is 14.6. The van der Waals surface area contributed by atoms with Crippen molar-refractivity contribution in [2.45, 2.75) is 6.54 Å². The SMILES string of the molecule is COc1ccccc1Nc1nc(NCc2ccco2)c2ccccc2n1.[Cl-]. The first kappa shape index (κ1) is 18.5. The molecule has 2 heterocycles. The number of nitrogens with one attached hydrogen (secondary N) is 2. The number of furan rings is 1.